The Morgan fingerprint density at radius 2 is 1.96 bits per heavy atom. The third kappa shape index (κ3) is 3.61. The van der Waals surface area contributed by atoms with Crippen molar-refractivity contribution in [2.24, 2.45) is 11.3 Å². The number of carbonyl (C=O) groups is 2. The van der Waals surface area contributed by atoms with Crippen LogP contribution in [0.1, 0.15) is 40.2 Å². The van der Waals surface area contributed by atoms with Crippen LogP contribution < -0.4 is 10.2 Å². The molecular formula is C19H28N2O3. The van der Waals surface area contributed by atoms with Gasteiger partial charge in [0.05, 0.1) is 6.10 Å². The second kappa shape index (κ2) is 6.93. The van der Waals surface area contributed by atoms with E-state index in [0.717, 1.165) is 11.3 Å². The van der Waals surface area contributed by atoms with Crippen molar-refractivity contribution in [1.29, 1.82) is 0 Å². The van der Waals surface area contributed by atoms with Gasteiger partial charge in [-0.1, -0.05) is 45.9 Å². The lowest BCUT2D eigenvalue weighted by Gasteiger charge is -2.34. The summed E-state index contributed by atoms with van der Waals surface area (Å²) in [4.78, 5) is 26.3. The molecule has 2 N–H and O–H groups in total. The lowest BCUT2D eigenvalue weighted by Crippen LogP contribution is -2.51. The Bertz CT molecular complexity index is 625. The highest BCUT2D eigenvalue weighted by Gasteiger charge is 2.38. The molecule has 5 nitrogen and oxygen atoms in total. The second-order valence-electron chi connectivity index (χ2n) is 7.63. The van der Waals surface area contributed by atoms with Crippen LogP contribution in [0.3, 0.4) is 0 Å². The SMILES string of the molecule is CC(=O)N1c2ccccc2C[C@H]1C(=O)NCC(C)(C)C(O)C(C)C. The standard InChI is InChI=1S/C19H28N2O3/c1-12(2)17(23)19(4,5)11-20-18(24)16-10-14-8-6-7-9-15(14)21(16)13(3)22/h6-9,12,16-17,23H,10-11H2,1-5H3,(H,20,24)/t16-,17?/m0/s1. The number of carbonyl (C=O) groups excluding carboxylic acids is 2. The molecule has 1 heterocycles. The van der Waals surface area contributed by atoms with E-state index in [1.165, 1.54) is 6.92 Å². The van der Waals surface area contributed by atoms with Gasteiger partial charge in [-0.05, 0) is 17.5 Å². The summed E-state index contributed by atoms with van der Waals surface area (Å²) in [7, 11) is 0. The molecule has 0 bridgehead atoms. The summed E-state index contributed by atoms with van der Waals surface area (Å²) in [5.74, 6) is -0.201. The molecule has 2 amide bonds. The number of amides is 2. The monoisotopic (exact) mass is 332 g/mol. The molecule has 0 aliphatic carbocycles. The van der Waals surface area contributed by atoms with Crippen molar-refractivity contribution in [2.45, 2.75) is 53.2 Å². The van der Waals surface area contributed by atoms with Gasteiger partial charge in [0.25, 0.3) is 0 Å². The fourth-order valence-corrected chi connectivity index (χ4v) is 3.42. The summed E-state index contributed by atoms with van der Waals surface area (Å²) in [5.41, 5.74) is 1.39. The van der Waals surface area contributed by atoms with Crippen LogP contribution in [0.25, 0.3) is 0 Å². The van der Waals surface area contributed by atoms with Crippen LogP contribution in [0.2, 0.25) is 0 Å². The number of aliphatic hydroxyl groups is 1. The summed E-state index contributed by atoms with van der Waals surface area (Å²) in [6, 6.07) is 7.09. The Hall–Kier alpha value is -1.88. The van der Waals surface area contributed by atoms with Crippen LogP contribution in [0, 0.1) is 11.3 Å². The Morgan fingerprint density at radius 3 is 2.54 bits per heavy atom. The number of nitrogens with zero attached hydrogens (tertiary/aromatic N) is 1. The van der Waals surface area contributed by atoms with E-state index in [4.69, 9.17) is 0 Å². The van der Waals surface area contributed by atoms with E-state index in [9.17, 15) is 14.7 Å². The van der Waals surface area contributed by atoms with E-state index < -0.39 is 17.6 Å². The van der Waals surface area contributed by atoms with E-state index in [1.54, 1.807) is 4.90 Å². The molecule has 2 atom stereocenters. The number of rotatable bonds is 5. The molecule has 0 spiro atoms. The number of hydrogen-bond acceptors (Lipinski definition) is 3. The van der Waals surface area contributed by atoms with E-state index in [0.29, 0.717) is 13.0 Å². The zero-order chi connectivity index (χ0) is 18.1. The lowest BCUT2D eigenvalue weighted by molar-refractivity contribution is -0.126. The molecule has 0 saturated carbocycles. The minimum Gasteiger partial charge on any atom is -0.392 e. The highest BCUT2D eigenvalue weighted by atomic mass is 16.3. The van der Waals surface area contributed by atoms with Crippen LogP contribution in [-0.4, -0.2) is 35.6 Å². The van der Waals surface area contributed by atoms with Gasteiger partial charge in [0.2, 0.25) is 11.8 Å². The normalized spacial score (nSPS) is 18.5. The first-order chi connectivity index (χ1) is 11.1. The Kier molecular flexibility index (Phi) is 5.33. The van der Waals surface area contributed by atoms with Crippen molar-refractivity contribution in [2.75, 3.05) is 11.4 Å². The molecule has 5 heteroatoms. The molecule has 2 rings (SSSR count). The predicted molar refractivity (Wildman–Crippen MR) is 94.7 cm³/mol. The summed E-state index contributed by atoms with van der Waals surface area (Å²) >= 11 is 0. The molecule has 1 aromatic rings. The van der Waals surface area contributed by atoms with Crippen LogP contribution in [0.5, 0.6) is 0 Å². The minimum atomic E-state index is -0.521. The first-order valence-corrected chi connectivity index (χ1v) is 8.48. The molecule has 0 saturated heterocycles. The van der Waals surface area contributed by atoms with Gasteiger partial charge in [-0.3, -0.25) is 14.5 Å². The predicted octanol–water partition coefficient (Wildman–Crippen LogP) is 2.12. The quantitative estimate of drug-likeness (QED) is 0.868. The number of aliphatic hydroxyl groups excluding tert-OH is 1. The first kappa shape index (κ1) is 18.5. The van der Waals surface area contributed by atoms with Gasteiger partial charge in [-0.2, -0.15) is 0 Å². The van der Waals surface area contributed by atoms with Crippen LogP contribution >= 0.6 is 0 Å². The maximum atomic E-state index is 12.7. The van der Waals surface area contributed by atoms with Crippen LogP contribution in [0.4, 0.5) is 5.69 Å². The summed E-state index contributed by atoms with van der Waals surface area (Å²) in [5, 5.41) is 13.2. The summed E-state index contributed by atoms with van der Waals surface area (Å²) in [6.45, 7) is 9.63. The zero-order valence-electron chi connectivity index (χ0n) is 15.2. The molecule has 0 aromatic heterocycles. The Balaban J connectivity index is 2.09. The number of benzene rings is 1. The third-order valence-corrected chi connectivity index (χ3v) is 4.77. The molecular weight excluding hydrogens is 304 g/mol. The minimum absolute atomic E-state index is 0.112. The zero-order valence-corrected chi connectivity index (χ0v) is 15.2. The van der Waals surface area contributed by atoms with Crippen molar-refractivity contribution in [3.05, 3.63) is 29.8 Å². The van der Waals surface area contributed by atoms with Crippen molar-refractivity contribution < 1.29 is 14.7 Å². The van der Waals surface area contributed by atoms with Crippen molar-refractivity contribution in [3.8, 4) is 0 Å². The van der Waals surface area contributed by atoms with Gasteiger partial charge in [0.1, 0.15) is 6.04 Å². The van der Waals surface area contributed by atoms with Gasteiger partial charge in [-0.15, -0.1) is 0 Å². The topological polar surface area (TPSA) is 69.6 Å². The fourth-order valence-electron chi connectivity index (χ4n) is 3.42. The molecule has 0 fully saturated rings. The Morgan fingerprint density at radius 1 is 1.33 bits per heavy atom. The van der Waals surface area contributed by atoms with Gasteiger partial charge in [-0.25, -0.2) is 0 Å². The average Bonchev–Trinajstić information content (AvgIpc) is 2.91. The maximum Gasteiger partial charge on any atom is 0.243 e. The Labute approximate surface area is 144 Å². The molecule has 0 radical (unpaired) electrons. The molecule has 1 aliphatic heterocycles. The van der Waals surface area contributed by atoms with E-state index >= 15 is 0 Å². The highest BCUT2D eigenvalue weighted by Crippen LogP contribution is 2.32. The van der Waals surface area contributed by atoms with Gasteiger partial charge in [0.15, 0.2) is 0 Å². The molecule has 132 valence electrons. The average molecular weight is 332 g/mol. The molecule has 1 aliphatic rings. The van der Waals surface area contributed by atoms with Crippen molar-refractivity contribution in [3.63, 3.8) is 0 Å². The fraction of sp³-hybridized carbons (Fsp3) is 0.579. The van der Waals surface area contributed by atoms with E-state index in [1.807, 2.05) is 52.0 Å². The first-order valence-electron chi connectivity index (χ1n) is 8.48. The molecule has 24 heavy (non-hydrogen) atoms. The summed E-state index contributed by atoms with van der Waals surface area (Å²) in [6.07, 6.45) is 0.0110. The maximum absolute atomic E-state index is 12.7. The third-order valence-electron chi connectivity index (χ3n) is 4.77. The number of nitrogens with one attached hydrogen (secondary N) is 1. The van der Waals surface area contributed by atoms with Crippen LogP contribution in [0.15, 0.2) is 24.3 Å². The molecule has 1 aromatic carbocycles. The van der Waals surface area contributed by atoms with Crippen molar-refractivity contribution in [1.82, 2.24) is 5.32 Å². The highest BCUT2D eigenvalue weighted by molar-refractivity contribution is 6.02. The lowest BCUT2D eigenvalue weighted by atomic mass is 9.80. The van der Waals surface area contributed by atoms with Gasteiger partial charge in [0, 0.05) is 31.0 Å². The van der Waals surface area contributed by atoms with E-state index in [-0.39, 0.29) is 17.7 Å². The summed E-state index contributed by atoms with van der Waals surface area (Å²) < 4.78 is 0. The number of anilines is 1. The van der Waals surface area contributed by atoms with Crippen LogP contribution in [-0.2, 0) is 16.0 Å². The molecule has 1 unspecified atom stereocenters. The second-order valence-corrected chi connectivity index (χ2v) is 7.63. The number of hydrogen-bond donors (Lipinski definition) is 2. The smallest absolute Gasteiger partial charge is 0.243 e. The van der Waals surface area contributed by atoms with Gasteiger partial charge >= 0.3 is 0 Å². The largest absolute Gasteiger partial charge is 0.392 e. The van der Waals surface area contributed by atoms with E-state index in [2.05, 4.69) is 5.32 Å². The van der Waals surface area contributed by atoms with Crippen molar-refractivity contribution >= 4 is 17.5 Å². The number of para-hydroxylation sites is 1. The van der Waals surface area contributed by atoms with Gasteiger partial charge < -0.3 is 10.4 Å². The number of fused-ring (bicyclic) bond motifs is 1.